The zero-order chi connectivity index (χ0) is 12.7. The van der Waals surface area contributed by atoms with Crippen molar-refractivity contribution < 1.29 is 0 Å². The quantitative estimate of drug-likeness (QED) is 0.466. The van der Waals surface area contributed by atoms with Gasteiger partial charge >= 0.3 is 0 Å². The molecule has 0 aliphatic rings. The van der Waals surface area contributed by atoms with Crippen LogP contribution in [-0.4, -0.2) is 29.9 Å². The van der Waals surface area contributed by atoms with Gasteiger partial charge in [0.05, 0.1) is 28.5 Å². The van der Waals surface area contributed by atoms with Gasteiger partial charge in [0.15, 0.2) is 11.5 Å². The lowest BCUT2D eigenvalue weighted by atomic mass is 10.4. The first-order valence-corrected chi connectivity index (χ1v) is 5.46. The topological polar surface area (TPSA) is 110 Å². The number of aryl methyl sites for hydroxylation is 1. The normalized spacial score (nSPS) is 11.1. The zero-order valence-corrected chi connectivity index (χ0v) is 10.1. The largest absolute Gasteiger partial charge is 0.292 e. The number of rotatable bonds is 2. The average molecular weight is 265 g/mol. The predicted molar refractivity (Wildman–Crippen MR) is 66.4 cm³/mol. The second-order valence-electron chi connectivity index (χ2n) is 3.65. The van der Waals surface area contributed by atoms with Crippen molar-refractivity contribution in [2.45, 2.75) is 6.92 Å². The summed E-state index contributed by atoms with van der Waals surface area (Å²) in [5, 5.41) is 12.2. The maximum absolute atomic E-state index is 5.99. The first-order chi connectivity index (χ1) is 8.69. The maximum Gasteiger partial charge on any atom is 0.241 e. The summed E-state index contributed by atoms with van der Waals surface area (Å²) in [7, 11) is 0. The van der Waals surface area contributed by atoms with Gasteiger partial charge in [-0.2, -0.15) is 20.2 Å². The lowest BCUT2D eigenvalue weighted by molar-refractivity contribution is 0.837. The van der Waals surface area contributed by atoms with Crippen molar-refractivity contribution in [3.05, 3.63) is 23.1 Å². The van der Waals surface area contributed by atoms with E-state index in [9.17, 15) is 0 Å². The van der Waals surface area contributed by atoms with E-state index in [0.717, 1.165) is 5.39 Å². The van der Waals surface area contributed by atoms with Gasteiger partial charge in [-0.15, -0.1) is 0 Å². The summed E-state index contributed by atoms with van der Waals surface area (Å²) >= 11 is 5.99. The van der Waals surface area contributed by atoms with Crippen molar-refractivity contribution in [1.29, 1.82) is 0 Å². The molecule has 8 nitrogen and oxygen atoms in total. The molecule has 0 aliphatic carbocycles. The Morgan fingerprint density at radius 1 is 1.44 bits per heavy atom. The molecule has 0 unspecified atom stereocenters. The molecule has 0 saturated carbocycles. The molecular weight excluding hydrogens is 256 g/mol. The van der Waals surface area contributed by atoms with Crippen molar-refractivity contribution in [1.82, 2.24) is 29.9 Å². The van der Waals surface area contributed by atoms with Crippen LogP contribution < -0.4 is 11.3 Å². The average Bonchev–Trinajstić information content (AvgIpc) is 2.95. The third-order valence-corrected chi connectivity index (χ3v) is 2.85. The van der Waals surface area contributed by atoms with E-state index in [0.29, 0.717) is 22.2 Å². The Hall–Kier alpha value is -2.19. The number of aromatic amines is 1. The lowest BCUT2D eigenvalue weighted by Crippen LogP contribution is -2.12. The third kappa shape index (κ3) is 1.59. The number of hydrogen-bond acceptors (Lipinski definition) is 6. The fourth-order valence-corrected chi connectivity index (χ4v) is 1.74. The van der Waals surface area contributed by atoms with E-state index in [2.05, 4.69) is 30.7 Å². The SMILES string of the molecule is Cc1nn(-c2nc(NN)nc3[nH]ncc23)cc1Cl. The first kappa shape index (κ1) is 10.9. The molecule has 9 heteroatoms. The molecule has 0 atom stereocenters. The monoisotopic (exact) mass is 264 g/mol. The van der Waals surface area contributed by atoms with Crippen LogP contribution in [0.15, 0.2) is 12.4 Å². The number of fused-ring (bicyclic) bond motifs is 1. The zero-order valence-electron chi connectivity index (χ0n) is 9.35. The molecule has 3 aromatic rings. The molecule has 3 heterocycles. The van der Waals surface area contributed by atoms with Gasteiger partial charge in [0, 0.05) is 0 Å². The number of hydrogen-bond donors (Lipinski definition) is 3. The highest BCUT2D eigenvalue weighted by Crippen LogP contribution is 2.21. The van der Waals surface area contributed by atoms with E-state index in [-0.39, 0.29) is 5.95 Å². The third-order valence-electron chi connectivity index (χ3n) is 2.47. The molecule has 3 rings (SSSR count). The summed E-state index contributed by atoms with van der Waals surface area (Å²) in [4.78, 5) is 8.38. The molecule has 0 radical (unpaired) electrons. The van der Waals surface area contributed by atoms with E-state index in [1.54, 1.807) is 17.1 Å². The fraction of sp³-hybridized carbons (Fsp3) is 0.111. The van der Waals surface area contributed by atoms with Crippen LogP contribution in [0.5, 0.6) is 0 Å². The second-order valence-corrected chi connectivity index (χ2v) is 4.06. The van der Waals surface area contributed by atoms with E-state index in [4.69, 9.17) is 17.4 Å². The van der Waals surface area contributed by atoms with Crippen molar-refractivity contribution in [2.24, 2.45) is 5.84 Å². The number of nitrogen functional groups attached to an aromatic ring is 1. The Morgan fingerprint density at radius 2 is 2.28 bits per heavy atom. The maximum atomic E-state index is 5.99. The summed E-state index contributed by atoms with van der Waals surface area (Å²) in [6.45, 7) is 1.81. The number of anilines is 1. The molecule has 0 amide bonds. The van der Waals surface area contributed by atoms with Crippen molar-refractivity contribution >= 4 is 28.6 Å². The van der Waals surface area contributed by atoms with Gasteiger partial charge in [0.1, 0.15) is 0 Å². The predicted octanol–water partition coefficient (Wildman–Crippen LogP) is 0.786. The van der Waals surface area contributed by atoms with Gasteiger partial charge in [-0.3, -0.25) is 10.5 Å². The number of nitrogens with two attached hydrogens (primary N) is 1. The number of hydrazine groups is 1. The van der Waals surface area contributed by atoms with Crippen LogP contribution in [0.3, 0.4) is 0 Å². The molecule has 0 aromatic carbocycles. The Labute approximate surface area is 106 Å². The second kappa shape index (κ2) is 3.93. The summed E-state index contributed by atoms with van der Waals surface area (Å²) in [6.07, 6.45) is 3.29. The van der Waals surface area contributed by atoms with Gasteiger partial charge in [0.2, 0.25) is 5.95 Å². The highest BCUT2D eigenvalue weighted by atomic mass is 35.5. The van der Waals surface area contributed by atoms with Crippen LogP contribution >= 0.6 is 11.6 Å². The Morgan fingerprint density at radius 3 is 2.94 bits per heavy atom. The molecule has 0 aliphatic heterocycles. The number of H-pyrrole nitrogens is 1. The summed E-state index contributed by atoms with van der Waals surface area (Å²) in [6, 6.07) is 0. The van der Waals surface area contributed by atoms with Gasteiger partial charge in [-0.1, -0.05) is 11.6 Å². The first-order valence-electron chi connectivity index (χ1n) is 5.09. The van der Waals surface area contributed by atoms with Crippen molar-refractivity contribution in [2.75, 3.05) is 5.43 Å². The summed E-state index contributed by atoms with van der Waals surface area (Å²) < 4.78 is 1.57. The standard InChI is InChI=1S/C9H9ClN8/c1-4-6(10)3-18(17-4)8-5-2-12-16-7(5)13-9(14-8)15-11/h2-3H,11H2,1H3,(H2,12,13,14,15,16). The van der Waals surface area contributed by atoms with Crippen LogP contribution in [0, 0.1) is 6.92 Å². The number of nitrogens with zero attached hydrogens (tertiary/aromatic N) is 5. The Bertz CT molecular complexity index is 695. The Kier molecular flexibility index (Phi) is 2.39. The summed E-state index contributed by atoms with van der Waals surface area (Å²) in [5.74, 6) is 6.15. The minimum absolute atomic E-state index is 0.269. The number of nitrogens with one attached hydrogen (secondary N) is 2. The molecule has 0 spiro atoms. The smallest absolute Gasteiger partial charge is 0.241 e. The van der Waals surface area contributed by atoms with Crippen LogP contribution in [0.4, 0.5) is 5.95 Å². The van der Waals surface area contributed by atoms with Gasteiger partial charge in [-0.05, 0) is 6.92 Å². The fourth-order valence-electron chi connectivity index (χ4n) is 1.61. The molecular formula is C9H9ClN8. The van der Waals surface area contributed by atoms with E-state index in [1.807, 2.05) is 6.92 Å². The molecule has 18 heavy (non-hydrogen) atoms. The molecule has 92 valence electrons. The molecule has 3 aromatic heterocycles. The molecule has 4 N–H and O–H groups in total. The van der Waals surface area contributed by atoms with Crippen LogP contribution in [0.25, 0.3) is 16.9 Å². The number of aromatic nitrogens is 6. The Balaban J connectivity index is 2.29. The van der Waals surface area contributed by atoms with Crippen LogP contribution in [0.1, 0.15) is 5.69 Å². The molecule has 0 fully saturated rings. The minimum atomic E-state index is 0.269. The van der Waals surface area contributed by atoms with Crippen LogP contribution in [-0.2, 0) is 0 Å². The van der Waals surface area contributed by atoms with Gasteiger partial charge in [0.25, 0.3) is 0 Å². The van der Waals surface area contributed by atoms with Gasteiger partial charge < -0.3 is 0 Å². The molecule has 0 bridgehead atoms. The summed E-state index contributed by atoms with van der Waals surface area (Å²) in [5.41, 5.74) is 3.68. The van der Waals surface area contributed by atoms with Crippen molar-refractivity contribution in [3.63, 3.8) is 0 Å². The highest BCUT2D eigenvalue weighted by Gasteiger charge is 2.13. The number of halogens is 1. The van der Waals surface area contributed by atoms with E-state index in [1.165, 1.54) is 0 Å². The van der Waals surface area contributed by atoms with Crippen molar-refractivity contribution in [3.8, 4) is 5.82 Å². The lowest BCUT2D eigenvalue weighted by Gasteiger charge is -2.04. The van der Waals surface area contributed by atoms with Gasteiger partial charge in [-0.25, -0.2) is 10.5 Å². The van der Waals surface area contributed by atoms with Crippen LogP contribution in [0.2, 0.25) is 5.02 Å². The molecule has 0 saturated heterocycles. The van der Waals surface area contributed by atoms with E-state index < -0.39 is 0 Å². The highest BCUT2D eigenvalue weighted by molar-refractivity contribution is 6.31. The minimum Gasteiger partial charge on any atom is -0.292 e. The van der Waals surface area contributed by atoms with E-state index >= 15 is 0 Å².